The molecule has 1 aromatic heterocycles. The molecule has 0 aliphatic heterocycles. The number of nitrogens with one attached hydrogen (secondary N) is 2. The van der Waals surface area contributed by atoms with E-state index in [9.17, 15) is 8.42 Å². The molecule has 0 atom stereocenters. The minimum absolute atomic E-state index is 0.0341. The Bertz CT molecular complexity index is 520. The lowest BCUT2D eigenvalue weighted by molar-refractivity contribution is 0.586. The molecule has 0 radical (unpaired) electrons. The molecule has 0 unspecified atom stereocenters. The molecule has 1 fully saturated rings. The fraction of sp³-hybridized carbons (Fsp3) is 0.444. The van der Waals surface area contributed by atoms with Gasteiger partial charge in [-0.1, -0.05) is 23.2 Å². The van der Waals surface area contributed by atoms with Crippen molar-refractivity contribution in [2.75, 3.05) is 4.72 Å². The molecule has 8 heteroatoms. The van der Waals surface area contributed by atoms with Crippen LogP contribution in [0.25, 0.3) is 0 Å². The SMILES string of the molecule is Cc1cc(Cl)nc(Cl)c1NS(=O)(=O)NC1CC1. The van der Waals surface area contributed by atoms with E-state index in [1.54, 1.807) is 13.0 Å². The number of hydrogen-bond donors (Lipinski definition) is 2. The fourth-order valence-corrected chi connectivity index (χ4v) is 3.20. The Kier molecular flexibility index (Phi) is 3.49. The standard InChI is InChI=1S/C9H11Cl2N3O2S/c1-5-4-7(10)12-9(11)8(5)14-17(15,16)13-6-2-3-6/h4,6,13-14H,2-3H2,1H3. The summed E-state index contributed by atoms with van der Waals surface area (Å²) >= 11 is 11.5. The van der Waals surface area contributed by atoms with Crippen LogP contribution in [0.4, 0.5) is 5.69 Å². The van der Waals surface area contributed by atoms with Crippen molar-refractivity contribution in [3.63, 3.8) is 0 Å². The third-order valence-electron chi connectivity index (χ3n) is 2.28. The first-order valence-corrected chi connectivity index (χ1v) is 7.24. The van der Waals surface area contributed by atoms with Crippen molar-refractivity contribution < 1.29 is 8.42 Å². The summed E-state index contributed by atoms with van der Waals surface area (Å²) in [5.74, 6) is 0. The molecular formula is C9H11Cl2N3O2S. The van der Waals surface area contributed by atoms with Crippen LogP contribution >= 0.6 is 23.2 Å². The molecule has 0 bridgehead atoms. The van der Waals surface area contributed by atoms with Gasteiger partial charge >= 0.3 is 0 Å². The maximum atomic E-state index is 11.7. The Balaban J connectivity index is 2.23. The number of aromatic nitrogens is 1. The summed E-state index contributed by atoms with van der Waals surface area (Å²) in [6, 6.07) is 1.58. The van der Waals surface area contributed by atoms with E-state index in [0.717, 1.165) is 12.8 Å². The molecule has 0 saturated heterocycles. The molecule has 5 nitrogen and oxygen atoms in total. The molecule has 1 heterocycles. The summed E-state index contributed by atoms with van der Waals surface area (Å²) in [6.45, 7) is 1.70. The van der Waals surface area contributed by atoms with Gasteiger partial charge in [0.2, 0.25) is 0 Å². The highest BCUT2D eigenvalue weighted by atomic mass is 35.5. The van der Waals surface area contributed by atoms with Gasteiger partial charge in [0, 0.05) is 6.04 Å². The average molecular weight is 296 g/mol. The largest absolute Gasteiger partial charge is 0.299 e. The lowest BCUT2D eigenvalue weighted by atomic mass is 10.3. The highest BCUT2D eigenvalue weighted by Gasteiger charge is 2.27. The predicted molar refractivity (Wildman–Crippen MR) is 67.7 cm³/mol. The minimum Gasteiger partial charge on any atom is -0.268 e. The van der Waals surface area contributed by atoms with Gasteiger partial charge < -0.3 is 0 Å². The Labute approximate surface area is 110 Å². The summed E-state index contributed by atoms with van der Waals surface area (Å²) in [6.07, 6.45) is 1.74. The molecule has 0 aromatic carbocycles. The van der Waals surface area contributed by atoms with Crippen molar-refractivity contribution in [1.82, 2.24) is 9.71 Å². The van der Waals surface area contributed by atoms with Gasteiger partial charge in [-0.2, -0.15) is 13.1 Å². The predicted octanol–water partition coefficient (Wildman–Crippen LogP) is 2.11. The van der Waals surface area contributed by atoms with Crippen LogP contribution in [-0.2, 0) is 10.2 Å². The number of hydrogen-bond acceptors (Lipinski definition) is 3. The zero-order chi connectivity index (χ0) is 12.6. The van der Waals surface area contributed by atoms with Crippen molar-refractivity contribution in [1.29, 1.82) is 0 Å². The lowest BCUT2D eigenvalue weighted by Gasteiger charge is -2.12. The molecule has 17 heavy (non-hydrogen) atoms. The normalized spacial score (nSPS) is 15.9. The monoisotopic (exact) mass is 295 g/mol. The van der Waals surface area contributed by atoms with E-state index < -0.39 is 10.2 Å². The van der Waals surface area contributed by atoms with Crippen LogP contribution in [-0.4, -0.2) is 19.4 Å². The molecule has 1 saturated carbocycles. The van der Waals surface area contributed by atoms with Gasteiger partial charge in [-0.15, -0.1) is 0 Å². The number of nitrogens with zero attached hydrogens (tertiary/aromatic N) is 1. The molecule has 94 valence electrons. The zero-order valence-electron chi connectivity index (χ0n) is 9.00. The van der Waals surface area contributed by atoms with Crippen LogP contribution in [0.1, 0.15) is 18.4 Å². The van der Waals surface area contributed by atoms with Crippen molar-refractivity contribution in [2.24, 2.45) is 0 Å². The Morgan fingerprint density at radius 1 is 1.41 bits per heavy atom. The molecule has 1 aromatic rings. The van der Waals surface area contributed by atoms with Crippen molar-refractivity contribution in [3.05, 3.63) is 21.9 Å². The molecule has 2 N–H and O–H groups in total. The first-order valence-electron chi connectivity index (χ1n) is 5.00. The number of halogens is 2. The lowest BCUT2D eigenvalue weighted by Crippen LogP contribution is -2.32. The Morgan fingerprint density at radius 2 is 2.06 bits per heavy atom. The minimum atomic E-state index is -3.60. The van der Waals surface area contributed by atoms with Crippen molar-refractivity contribution in [3.8, 4) is 0 Å². The van der Waals surface area contributed by atoms with E-state index in [1.165, 1.54) is 0 Å². The number of rotatable bonds is 4. The summed E-state index contributed by atoms with van der Waals surface area (Å²) in [5, 5.41) is 0.266. The summed E-state index contributed by atoms with van der Waals surface area (Å²) in [4.78, 5) is 3.79. The second-order valence-corrected chi connectivity index (χ2v) is 6.12. The van der Waals surface area contributed by atoms with Crippen LogP contribution in [0.3, 0.4) is 0 Å². The zero-order valence-corrected chi connectivity index (χ0v) is 11.3. The molecule has 1 aliphatic carbocycles. The number of pyridine rings is 1. The van der Waals surface area contributed by atoms with Crippen LogP contribution in [0.15, 0.2) is 6.07 Å². The van der Waals surface area contributed by atoms with Crippen LogP contribution < -0.4 is 9.44 Å². The van der Waals surface area contributed by atoms with Gasteiger partial charge in [-0.3, -0.25) is 4.72 Å². The summed E-state index contributed by atoms with van der Waals surface area (Å²) < 4.78 is 28.2. The molecule has 0 amide bonds. The molecular weight excluding hydrogens is 285 g/mol. The first kappa shape index (κ1) is 12.9. The number of aryl methyl sites for hydroxylation is 1. The van der Waals surface area contributed by atoms with Crippen LogP contribution in [0.5, 0.6) is 0 Å². The van der Waals surface area contributed by atoms with Gasteiger partial charge in [0.15, 0.2) is 5.15 Å². The van der Waals surface area contributed by atoms with Crippen LogP contribution in [0.2, 0.25) is 10.3 Å². The van der Waals surface area contributed by atoms with Gasteiger partial charge in [-0.25, -0.2) is 4.98 Å². The van der Waals surface area contributed by atoms with Gasteiger partial charge in [0.25, 0.3) is 10.2 Å². The van der Waals surface area contributed by atoms with E-state index >= 15 is 0 Å². The van der Waals surface area contributed by atoms with Gasteiger partial charge in [0.05, 0.1) is 5.69 Å². The molecule has 1 aliphatic rings. The average Bonchev–Trinajstić information content (AvgIpc) is 2.94. The number of anilines is 1. The van der Waals surface area contributed by atoms with Crippen molar-refractivity contribution in [2.45, 2.75) is 25.8 Å². The third-order valence-corrected chi connectivity index (χ3v) is 3.86. The second kappa shape index (κ2) is 4.61. The first-order chi connectivity index (χ1) is 7.87. The van der Waals surface area contributed by atoms with Gasteiger partial charge in [0.1, 0.15) is 5.15 Å². The Morgan fingerprint density at radius 3 is 2.59 bits per heavy atom. The quantitative estimate of drug-likeness (QED) is 0.836. The van der Waals surface area contributed by atoms with Crippen molar-refractivity contribution >= 4 is 39.1 Å². The topological polar surface area (TPSA) is 71.1 Å². The smallest absolute Gasteiger partial charge is 0.268 e. The van der Waals surface area contributed by atoms with E-state index in [0.29, 0.717) is 5.56 Å². The maximum absolute atomic E-state index is 11.7. The maximum Gasteiger partial charge on any atom is 0.299 e. The summed E-state index contributed by atoms with van der Waals surface area (Å²) in [7, 11) is -3.60. The van der Waals surface area contributed by atoms with Gasteiger partial charge in [-0.05, 0) is 31.4 Å². The fourth-order valence-electron chi connectivity index (χ4n) is 1.30. The van der Waals surface area contributed by atoms with E-state index in [1.807, 2.05) is 0 Å². The second-order valence-electron chi connectivity index (χ2n) is 3.93. The van der Waals surface area contributed by atoms with E-state index in [2.05, 4.69) is 14.4 Å². The highest BCUT2D eigenvalue weighted by Crippen LogP contribution is 2.28. The molecule has 0 spiro atoms. The summed E-state index contributed by atoms with van der Waals surface area (Å²) in [5.41, 5.74) is 0.875. The van der Waals surface area contributed by atoms with E-state index in [4.69, 9.17) is 23.2 Å². The van der Waals surface area contributed by atoms with Crippen LogP contribution in [0, 0.1) is 6.92 Å². The highest BCUT2D eigenvalue weighted by molar-refractivity contribution is 7.90. The Hall–Kier alpha value is -0.560. The van der Waals surface area contributed by atoms with E-state index in [-0.39, 0.29) is 22.0 Å². The molecule has 2 rings (SSSR count). The third kappa shape index (κ3) is 3.45.